The van der Waals surface area contributed by atoms with Gasteiger partial charge in [-0.1, -0.05) is 0 Å². The first kappa shape index (κ1) is 8.05. The summed E-state index contributed by atoms with van der Waals surface area (Å²) in [4.78, 5) is 12.2. The molecular formula is C10H7N5. The van der Waals surface area contributed by atoms with Crippen molar-refractivity contribution in [3.63, 3.8) is 0 Å². The van der Waals surface area contributed by atoms with Crippen molar-refractivity contribution in [3.05, 3.63) is 43.2 Å². The number of hydrogen-bond donors (Lipinski definition) is 0. The normalized spacial score (nSPS) is 10.7. The van der Waals surface area contributed by atoms with Gasteiger partial charge in [-0.05, 0) is 6.07 Å². The molecule has 0 bridgehead atoms. The van der Waals surface area contributed by atoms with Crippen LogP contribution in [0.5, 0.6) is 0 Å². The minimum Gasteiger partial charge on any atom is -0.264 e. The fourth-order valence-corrected chi connectivity index (χ4v) is 1.39. The first-order valence-corrected chi connectivity index (χ1v) is 4.49. The third kappa shape index (κ3) is 1.34. The molecule has 0 saturated heterocycles. The van der Waals surface area contributed by atoms with E-state index in [2.05, 4.69) is 20.1 Å². The summed E-state index contributed by atoms with van der Waals surface area (Å²) >= 11 is 0. The Hall–Kier alpha value is -2.30. The van der Waals surface area contributed by atoms with Gasteiger partial charge in [0.05, 0.1) is 11.7 Å². The zero-order valence-corrected chi connectivity index (χ0v) is 7.78. The Morgan fingerprint density at radius 2 is 1.93 bits per heavy atom. The van der Waals surface area contributed by atoms with Gasteiger partial charge in [-0.2, -0.15) is 5.10 Å². The molecule has 15 heavy (non-hydrogen) atoms. The van der Waals surface area contributed by atoms with E-state index in [9.17, 15) is 0 Å². The van der Waals surface area contributed by atoms with Crippen LogP contribution in [-0.2, 0) is 0 Å². The number of rotatable bonds is 1. The van der Waals surface area contributed by atoms with Crippen LogP contribution >= 0.6 is 0 Å². The molecule has 0 aliphatic carbocycles. The third-order valence-corrected chi connectivity index (χ3v) is 2.09. The van der Waals surface area contributed by atoms with E-state index >= 15 is 0 Å². The maximum Gasteiger partial charge on any atom is 0.171 e. The van der Waals surface area contributed by atoms with Crippen molar-refractivity contribution in [1.82, 2.24) is 24.7 Å². The van der Waals surface area contributed by atoms with Crippen LogP contribution in [0.2, 0.25) is 0 Å². The molecule has 72 valence electrons. The summed E-state index contributed by atoms with van der Waals surface area (Å²) in [6.45, 7) is 0. The second kappa shape index (κ2) is 3.13. The van der Waals surface area contributed by atoms with Gasteiger partial charge in [-0.15, -0.1) is 0 Å². The molecular weight excluding hydrogens is 190 g/mol. The molecule has 0 radical (unpaired) electrons. The zero-order valence-electron chi connectivity index (χ0n) is 7.78. The average molecular weight is 197 g/mol. The van der Waals surface area contributed by atoms with E-state index in [1.54, 1.807) is 35.7 Å². The molecule has 0 amide bonds. The summed E-state index contributed by atoms with van der Waals surface area (Å²) in [7, 11) is 0. The van der Waals surface area contributed by atoms with Gasteiger partial charge in [0, 0.05) is 36.4 Å². The zero-order chi connectivity index (χ0) is 10.1. The quantitative estimate of drug-likeness (QED) is 0.588. The molecule has 0 N–H and O–H groups in total. The lowest BCUT2D eigenvalue weighted by Crippen LogP contribution is -1.97. The minimum atomic E-state index is 0.703. The van der Waals surface area contributed by atoms with E-state index in [-0.39, 0.29) is 0 Å². The van der Waals surface area contributed by atoms with Crippen LogP contribution in [-0.4, -0.2) is 24.7 Å². The van der Waals surface area contributed by atoms with Crippen molar-refractivity contribution < 1.29 is 0 Å². The van der Waals surface area contributed by atoms with E-state index in [1.165, 1.54) is 0 Å². The second-order valence-electron chi connectivity index (χ2n) is 3.07. The van der Waals surface area contributed by atoms with Crippen LogP contribution in [0.4, 0.5) is 0 Å². The average Bonchev–Trinajstić information content (AvgIpc) is 2.74. The van der Waals surface area contributed by atoms with Crippen LogP contribution in [0.3, 0.4) is 0 Å². The highest BCUT2D eigenvalue weighted by Gasteiger charge is 2.02. The fourth-order valence-electron chi connectivity index (χ4n) is 1.39. The summed E-state index contributed by atoms with van der Waals surface area (Å²) in [5.41, 5.74) is 0.899. The standard InChI is InChI=1S/C10H7N5/c1-2-11-5-8-7-15(14-9(1)8)10-6-12-3-4-13-10/h1-7H. The summed E-state index contributed by atoms with van der Waals surface area (Å²) in [6.07, 6.45) is 10.3. The molecule has 0 atom stereocenters. The van der Waals surface area contributed by atoms with Crippen molar-refractivity contribution >= 4 is 10.9 Å². The SMILES string of the molecule is c1cnc(-n2cc3cnccc3n2)cn1. The molecule has 0 saturated carbocycles. The second-order valence-corrected chi connectivity index (χ2v) is 3.07. The van der Waals surface area contributed by atoms with Gasteiger partial charge in [-0.25, -0.2) is 9.67 Å². The van der Waals surface area contributed by atoms with Crippen molar-refractivity contribution in [3.8, 4) is 5.82 Å². The topological polar surface area (TPSA) is 56.5 Å². The van der Waals surface area contributed by atoms with Crippen LogP contribution in [0.25, 0.3) is 16.7 Å². The Bertz CT molecular complexity index is 554. The Morgan fingerprint density at radius 3 is 2.73 bits per heavy atom. The molecule has 0 aliphatic rings. The third-order valence-electron chi connectivity index (χ3n) is 2.09. The van der Waals surface area contributed by atoms with Crippen LogP contribution in [0.1, 0.15) is 0 Å². The summed E-state index contributed by atoms with van der Waals surface area (Å²) in [5, 5.41) is 5.35. The minimum absolute atomic E-state index is 0.703. The van der Waals surface area contributed by atoms with E-state index in [0.29, 0.717) is 5.82 Å². The molecule has 3 rings (SSSR count). The Balaban J connectivity index is 2.21. The number of fused-ring (bicyclic) bond motifs is 1. The van der Waals surface area contributed by atoms with Gasteiger partial charge in [0.2, 0.25) is 0 Å². The Labute approximate surface area is 85.4 Å². The monoisotopic (exact) mass is 197 g/mol. The largest absolute Gasteiger partial charge is 0.264 e. The molecule has 3 aromatic rings. The Morgan fingerprint density at radius 1 is 1.00 bits per heavy atom. The van der Waals surface area contributed by atoms with Gasteiger partial charge in [0.25, 0.3) is 0 Å². The van der Waals surface area contributed by atoms with Crippen molar-refractivity contribution in [2.24, 2.45) is 0 Å². The van der Waals surface area contributed by atoms with Crippen LogP contribution in [0.15, 0.2) is 43.2 Å². The van der Waals surface area contributed by atoms with Gasteiger partial charge in [0.15, 0.2) is 5.82 Å². The molecule has 5 nitrogen and oxygen atoms in total. The van der Waals surface area contributed by atoms with Gasteiger partial charge >= 0.3 is 0 Å². The van der Waals surface area contributed by atoms with Crippen molar-refractivity contribution in [2.75, 3.05) is 0 Å². The highest BCUT2D eigenvalue weighted by molar-refractivity contribution is 5.76. The molecule has 3 aromatic heterocycles. The Kier molecular flexibility index (Phi) is 1.68. The highest BCUT2D eigenvalue weighted by atomic mass is 15.3. The van der Waals surface area contributed by atoms with Gasteiger partial charge < -0.3 is 0 Å². The van der Waals surface area contributed by atoms with E-state index in [4.69, 9.17) is 0 Å². The lowest BCUT2D eigenvalue weighted by Gasteiger charge is -1.95. The van der Waals surface area contributed by atoms with E-state index in [1.807, 2.05) is 12.3 Å². The first-order chi connectivity index (χ1) is 7.43. The molecule has 0 unspecified atom stereocenters. The molecule has 3 heterocycles. The summed E-state index contributed by atoms with van der Waals surface area (Å²) in [5.74, 6) is 0.703. The maximum atomic E-state index is 4.36. The summed E-state index contributed by atoms with van der Waals surface area (Å²) < 4.78 is 1.69. The predicted octanol–water partition coefficient (Wildman–Crippen LogP) is 1.21. The predicted molar refractivity (Wildman–Crippen MR) is 54.5 cm³/mol. The molecule has 5 heteroatoms. The molecule has 0 aromatic carbocycles. The molecule has 0 aliphatic heterocycles. The van der Waals surface area contributed by atoms with Crippen LogP contribution in [0, 0.1) is 0 Å². The van der Waals surface area contributed by atoms with Gasteiger partial charge in [-0.3, -0.25) is 9.97 Å². The molecule has 0 fully saturated rings. The maximum absolute atomic E-state index is 4.36. The lowest BCUT2D eigenvalue weighted by atomic mass is 10.3. The fraction of sp³-hybridized carbons (Fsp3) is 0. The highest BCUT2D eigenvalue weighted by Crippen LogP contribution is 2.11. The van der Waals surface area contributed by atoms with E-state index in [0.717, 1.165) is 10.9 Å². The number of nitrogens with zero attached hydrogens (tertiary/aromatic N) is 5. The van der Waals surface area contributed by atoms with Crippen molar-refractivity contribution in [2.45, 2.75) is 0 Å². The number of aromatic nitrogens is 5. The first-order valence-electron chi connectivity index (χ1n) is 4.49. The summed E-state index contributed by atoms with van der Waals surface area (Å²) in [6, 6.07) is 1.86. The van der Waals surface area contributed by atoms with Gasteiger partial charge in [0.1, 0.15) is 0 Å². The molecule has 0 spiro atoms. The number of pyridine rings is 1. The van der Waals surface area contributed by atoms with Crippen LogP contribution < -0.4 is 0 Å². The lowest BCUT2D eigenvalue weighted by molar-refractivity contribution is 0.850. The number of hydrogen-bond acceptors (Lipinski definition) is 4. The van der Waals surface area contributed by atoms with E-state index < -0.39 is 0 Å². The van der Waals surface area contributed by atoms with Crippen molar-refractivity contribution in [1.29, 1.82) is 0 Å². The smallest absolute Gasteiger partial charge is 0.171 e.